The second-order valence-corrected chi connectivity index (χ2v) is 9.75. The minimum absolute atomic E-state index is 0.262. The van der Waals surface area contributed by atoms with Crippen LogP contribution in [0.1, 0.15) is 34.6 Å². The summed E-state index contributed by atoms with van der Waals surface area (Å²) in [6.45, 7) is 11.2. The number of aliphatic hydroxyl groups is 1. The van der Waals surface area contributed by atoms with Gasteiger partial charge in [0.1, 0.15) is 12.2 Å². The molecule has 0 aromatic carbocycles. The third-order valence-corrected chi connectivity index (χ3v) is 7.65. The Morgan fingerprint density at radius 3 is 2.33 bits per heavy atom. The molecular formula is C24H29ClO8. The van der Waals surface area contributed by atoms with E-state index in [-0.39, 0.29) is 5.78 Å². The minimum Gasteiger partial charge on any atom is -0.459 e. The molecule has 8 nitrogen and oxygen atoms in total. The van der Waals surface area contributed by atoms with Gasteiger partial charge in [0, 0.05) is 31.1 Å². The molecule has 1 aliphatic heterocycles. The Morgan fingerprint density at radius 2 is 1.76 bits per heavy atom. The highest BCUT2D eigenvalue weighted by Gasteiger charge is 2.67. The zero-order chi connectivity index (χ0) is 24.9. The van der Waals surface area contributed by atoms with Gasteiger partial charge in [-0.3, -0.25) is 19.2 Å². The Bertz CT molecular complexity index is 954. The average molecular weight is 481 g/mol. The van der Waals surface area contributed by atoms with Crippen LogP contribution in [-0.4, -0.2) is 58.1 Å². The lowest BCUT2D eigenvalue weighted by Gasteiger charge is -2.52. The monoisotopic (exact) mass is 480 g/mol. The number of rotatable bonds is 2. The van der Waals surface area contributed by atoms with Gasteiger partial charge >= 0.3 is 17.9 Å². The lowest BCUT2D eigenvalue weighted by molar-refractivity contribution is -0.205. The number of ketones is 1. The molecule has 9 atom stereocenters. The molecule has 2 aliphatic carbocycles. The number of hydrogen-bond acceptors (Lipinski definition) is 8. The number of hydrogen-bond donors (Lipinski definition) is 1. The maximum absolute atomic E-state index is 12.8. The van der Waals surface area contributed by atoms with Crippen molar-refractivity contribution in [1.29, 1.82) is 0 Å². The van der Waals surface area contributed by atoms with Crippen LogP contribution in [0, 0.1) is 23.2 Å². The van der Waals surface area contributed by atoms with E-state index in [4.69, 9.17) is 25.8 Å². The second kappa shape index (κ2) is 8.72. The Morgan fingerprint density at radius 1 is 1.15 bits per heavy atom. The fraction of sp³-hybridized carbons (Fsp3) is 0.583. The van der Waals surface area contributed by atoms with Gasteiger partial charge in [0.15, 0.2) is 17.5 Å². The molecule has 0 amide bonds. The van der Waals surface area contributed by atoms with Gasteiger partial charge < -0.3 is 19.3 Å². The maximum Gasteiger partial charge on any atom is 0.312 e. The number of halogens is 1. The highest BCUT2D eigenvalue weighted by Crippen LogP contribution is 2.53. The largest absolute Gasteiger partial charge is 0.459 e. The van der Waals surface area contributed by atoms with E-state index < -0.39 is 70.4 Å². The van der Waals surface area contributed by atoms with Crippen LogP contribution in [0.15, 0.2) is 36.5 Å². The molecule has 1 heterocycles. The molecule has 1 N–H and O–H groups in total. The van der Waals surface area contributed by atoms with E-state index in [9.17, 15) is 24.3 Å². The number of allylic oxidation sites excluding steroid dienone is 2. The first-order valence-corrected chi connectivity index (χ1v) is 11.2. The molecule has 0 saturated carbocycles. The number of ether oxygens (including phenoxy) is 3. The summed E-state index contributed by atoms with van der Waals surface area (Å²) in [5.41, 5.74) is -2.90. The number of esters is 3. The predicted molar refractivity (Wildman–Crippen MR) is 118 cm³/mol. The first-order valence-electron chi connectivity index (χ1n) is 10.8. The van der Waals surface area contributed by atoms with E-state index in [0.717, 1.165) is 0 Å². The fourth-order valence-electron chi connectivity index (χ4n) is 5.26. The zero-order valence-corrected chi connectivity index (χ0v) is 20.0. The van der Waals surface area contributed by atoms with Crippen LogP contribution in [0.25, 0.3) is 0 Å². The number of alkyl halides is 1. The van der Waals surface area contributed by atoms with Crippen LogP contribution in [-0.2, 0) is 33.4 Å². The molecule has 0 aromatic heterocycles. The summed E-state index contributed by atoms with van der Waals surface area (Å²) in [4.78, 5) is 49.7. The lowest BCUT2D eigenvalue weighted by atomic mass is 9.57. The van der Waals surface area contributed by atoms with E-state index in [2.05, 4.69) is 6.58 Å². The summed E-state index contributed by atoms with van der Waals surface area (Å²) in [6, 6.07) is 0. The Labute approximate surface area is 197 Å². The van der Waals surface area contributed by atoms with Crippen molar-refractivity contribution < 1.29 is 38.5 Å². The summed E-state index contributed by atoms with van der Waals surface area (Å²) in [7, 11) is 0. The number of carbonyl (C=O) groups excluding carboxylic acids is 4. The van der Waals surface area contributed by atoms with Crippen LogP contribution < -0.4 is 0 Å². The van der Waals surface area contributed by atoms with Crippen LogP contribution in [0.5, 0.6) is 0 Å². The van der Waals surface area contributed by atoms with E-state index in [0.29, 0.717) is 5.57 Å². The van der Waals surface area contributed by atoms with Gasteiger partial charge in [-0.1, -0.05) is 32.6 Å². The fourth-order valence-corrected chi connectivity index (χ4v) is 5.58. The Balaban J connectivity index is 2.36. The standard InChI is InChI=1S/C24H29ClO8/c1-11-7-8-17(31-14(4)26)23(6)10-9-16(28)12(2)18(23)20(32-15(5)27)24(30)13(3)22(29)33-21(24)19(11)25/h7-10,12-13,17-21,30H,1H2,2-6H3/b8-7-/t12-,13?,17-,18+,19-,20-,21-,23+,24?/m0/s1. The molecule has 180 valence electrons. The summed E-state index contributed by atoms with van der Waals surface area (Å²) in [6.07, 6.45) is 2.51. The molecule has 9 heteroatoms. The molecule has 3 aliphatic rings. The third-order valence-electron chi connectivity index (χ3n) is 7.14. The van der Waals surface area contributed by atoms with Crippen molar-refractivity contribution in [2.45, 2.75) is 63.9 Å². The van der Waals surface area contributed by atoms with Crippen LogP contribution in [0.3, 0.4) is 0 Å². The zero-order valence-electron chi connectivity index (χ0n) is 19.2. The molecule has 0 bridgehead atoms. The maximum atomic E-state index is 12.8. The molecule has 0 spiro atoms. The first kappa shape index (κ1) is 25.2. The van der Waals surface area contributed by atoms with Gasteiger partial charge in [-0.2, -0.15) is 0 Å². The summed E-state index contributed by atoms with van der Waals surface area (Å²) < 4.78 is 16.8. The van der Waals surface area contributed by atoms with Crippen molar-refractivity contribution >= 4 is 35.3 Å². The van der Waals surface area contributed by atoms with Gasteiger partial charge in [0.2, 0.25) is 0 Å². The van der Waals surface area contributed by atoms with Gasteiger partial charge in [-0.25, -0.2) is 0 Å². The second-order valence-electron chi connectivity index (χ2n) is 9.28. The molecule has 33 heavy (non-hydrogen) atoms. The molecule has 1 saturated heterocycles. The van der Waals surface area contributed by atoms with Crippen LogP contribution in [0.2, 0.25) is 0 Å². The number of fused-ring (bicyclic) bond motifs is 2. The highest BCUT2D eigenvalue weighted by molar-refractivity contribution is 6.23. The van der Waals surface area contributed by atoms with Crippen molar-refractivity contribution in [3.63, 3.8) is 0 Å². The van der Waals surface area contributed by atoms with Gasteiger partial charge in [-0.05, 0) is 24.6 Å². The summed E-state index contributed by atoms with van der Waals surface area (Å²) >= 11 is 6.60. The summed E-state index contributed by atoms with van der Waals surface area (Å²) in [5.74, 6) is -5.06. The normalized spacial score (nSPS) is 43.7. The van der Waals surface area contributed by atoms with Crippen molar-refractivity contribution in [3.05, 3.63) is 36.5 Å². The van der Waals surface area contributed by atoms with Crippen molar-refractivity contribution in [1.82, 2.24) is 0 Å². The third kappa shape index (κ3) is 4.04. The molecule has 0 aromatic rings. The topological polar surface area (TPSA) is 116 Å². The quantitative estimate of drug-likeness (QED) is 0.363. The van der Waals surface area contributed by atoms with Crippen molar-refractivity contribution in [2.24, 2.45) is 23.2 Å². The van der Waals surface area contributed by atoms with Crippen molar-refractivity contribution in [3.8, 4) is 0 Å². The Hall–Kier alpha value is -2.45. The molecule has 0 radical (unpaired) electrons. The SMILES string of the molecule is C=C1/C=C\[C@H](OC(C)=O)[C@@]2(C)C=CC(=O)[C@H](C)[C@@H]2[C@H](OC(C)=O)C2(O)C(C)C(=O)O[C@H]2[C@H]1Cl. The number of carbonyl (C=O) groups is 4. The highest BCUT2D eigenvalue weighted by atomic mass is 35.5. The molecular weight excluding hydrogens is 452 g/mol. The van der Waals surface area contributed by atoms with E-state index >= 15 is 0 Å². The van der Waals surface area contributed by atoms with Crippen LogP contribution in [0.4, 0.5) is 0 Å². The molecule has 1 fully saturated rings. The first-order chi connectivity index (χ1) is 15.2. The van der Waals surface area contributed by atoms with Crippen molar-refractivity contribution in [2.75, 3.05) is 0 Å². The van der Waals surface area contributed by atoms with E-state index in [1.54, 1.807) is 32.1 Å². The van der Waals surface area contributed by atoms with Gasteiger partial charge in [0.05, 0.1) is 11.3 Å². The Kier molecular flexibility index (Phi) is 6.65. The van der Waals surface area contributed by atoms with E-state index in [1.807, 2.05) is 0 Å². The smallest absolute Gasteiger partial charge is 0.312 e. The molecule has 2 unspecified atom stereocenters. The van der Waals surface area contributed by atoms with Gasteiger partial charge in [-0.15, -0.1) is 11.6 Å². The molecule has 3 rings (SSSR count). The van der Waals surface area contributed by atoms with Crippen LogP contribution >= 0.6 is 11.6 Å². The average Bonchev–Trinajstić information content (AvgIpc) is 2.96. The lowest BCUT2D eigenvalue weighted by Crippen LogP contribution is -2.65. The van der Waals surface area contributed by atoms with Gasteiger partial charge in [0.25, 0.3) is 0 Å². The minimum atomic E-state index is -2.09. The summed E-state index contributed by atoms with van der Waals surface area (Å²) in [5, 5.41) is 11.0. The predicted octanol–water partition coefficient (Wildman–Crippen LogP) is 2.27. The van der Waals surface area contributed by atoms with E-state index in [1.165, 1.54) is 26.8 Å².